The van der Waals surface area contributed by atoms with Crippen molar-refractivity contribution in [3.8, 4) is 5.75 Å². The molecule has 0 radical (unpaired) electrons. The standard InChI is InChI=1S/C15H14BrClO2/c16-13-3-1-11(2-4-13)12(9-18)10-19-15-7-5-14(17)6-8-15/h1-8,12,18H,9-10H2/t12-/m0/s1. The highest BCUT2D eigenvalue weighted by Crippen LogP contribution is 2.21. The Labute approximate surface area is 126 Å². The van der Waals surface area contributed by atoms with E-state index in [-0.39, 0.29) is 12.5 Å². The fourth-order valence-corrected chi connectivity index (χ4v) is 2.11. The highest BCUT2D eigenvalue weighted by Gasteiger charge is 2.11. The number of hydrogen-bond acceptors (Lipinski definition) is 2. The Hall–Kier alpha value is -1.03. The van der Waals surface area contributed by atoms with Crippen molar-refractivity contribution in [1.29, 1.82) is 0 Å². The van der Waals surface area contributed by atoms with Gasteiger partial charge in [-0.15, -0.1) is 0 Å². The highest BCUT2D eigenvalue weighted by molar-refractivity contribution is 9.10. The van der Waals surface area contributed by atoms with E-state index in [0.717, 1.165) is 15.8 Å². The first-order valence-corrected chi connectivity index (χ1v) is 7.11. The lowest BCUT2D eigenvalue weighted by Crippen LogP contribution is -2.14. The van der Waals surface area contributed by atoms with Crippen LogP contribution in [0.1, 0.15) is 11.5 Å². The molecule has 0 aliphatic carbocycles. The minimum Gasteiger partial charge on any atom is -0.493 e. The second-order valence-electron chi connectivity index (χ2n) is 4.20. The minimum atomic E-state index is -0.0382. The molecule has 2 nitrogen and oxygen atoms in total. The Morgan fingerprint density at radius 3 is 2.26 bits per heavy atom. The molecule has 0 saturated heterocycles. The SMILES string of the molecule is OC[C@@H](COc1ccc(Cl)cc1)c1ccc(Br)cc1. The van der Waals surface area contributed by atoms with Gasteiger partial charge in [0.25, 0.3) is 0 Å². The van der Waals surface area contributed by atoms with Crippen molar-refractivity contribution < 1.29 is 9.84 Å². The number of aliphatic hydroxyl groups is 1. The van der Waals surface area contributed by atoms with Gasteiger partial charge in [0.05, 0.1) is 13.2 Å². The van der Waals surface area contributed by atoms with Gasteiger partial charge in [0, 0.05) is 15.4 Å². The van der Waals surface area contributed by atoms with Crippen LogP contribution in [-0.2, 0) is 0 Å². The average molecular weight is 342 g/mol. The van der Waals surface area contributed by atoms with Gasteiger partial charge in [0.15, 0.2) is 0 Å². The van der Waals surface area contributed by atoms with Gasteiger partial charge in [0.2, 0.25) is 0 Å². The van der Waals surface area contributed by atoms with Crippen molar-refractivity contribution in [2.75, 3.05) is 13.2 Å². The van der Waals surface area contributed by atoms with Crippen LogP contribution in [0.3, 0.4) is 0 Å². The van der Waals surface area contributed by atoms with Crippen molar-refractivity contribution in [3.63, 3.8) is 0 Å². The molecule has 0 aliphatic rings. The maximum atomic E-state index is 9.46. The maximum absolute atomic E-state index is 9.46. The summed E-state index contributed by atoms with van der Waals surface area (Å²) in [5, 5.41) is 10.1. The molecule has 0 spiro atoms. The number of aliphatic hydroxyl groups excluding tert-OH is 1. The van der Waals surface area contributed by atoms with Crippen LogP contribution in [0.5, 0.6) is 5.75 Å². The number of ether oxygens (including phenoxy) is 1. The highest BCUT2D eigenvalue weighted by atomic mass is 79.9. The first-order chi connectivity index (χ1) is 9.19. The van der Waals surface area contributed by atoms with E-state index in [9.17, 15) is 5.11 Å². The Morgan fingerprint density at radius 2 is 1.68 bits per heavy atom. The van der Waals surface area contributed by atoms with Crippen molar-refractivity contribution >= 4 is 27.5 Å². The zero-order chi connectivity index (χ0) is 13.7. The molecule has 0 saturated carbocycles. The molecular formula is C15H14BrClO2. The summed E-state index contributed by atoms with van der Waals surface area (Å²) in [5.41, 5.74) is 1.06. The molecule has 2 aromatic rings. The zero-order valence-corrected chi connectivity index (χ0v) is 12.6. The molecule has 0 fully saturated rings. The molecule has 19 heavy (non-hydrogen) atoms. The summed E-state index contributed by atoms with van der Waals surface area (Å²) in [5.74, 6) is 0.712. The quantitative estimate of drug-likeness (QED) is 0.880. The molecule has 0 heterocycles. The van der Waals surface area contributed by atoms with Crippen molar-refractivity contribution in [2.24, 2.45) is 0 Å². The van der Waals surface area contributed by atoms with Gasteiger partial charge in [-0.25, -0.2) is 0 Å². The van der Waals surface area contributed by atoms with Gasteiger partial charge in [-0.1, -0.05) is 39.7 Å². The fourth-order valence-electron chi connectivity index (χ4n) is 1.72. The Balaban J connectivity index is 1.99. The maximum Gasteiger partial charge on any atom is 0.119 e. The summed E-state index contributed by atoms with van der Waals surface area (Å²) in [7, 11) is 0. The second kappa shape index (κ2) is 6.94. The summed E-state index contributed by atoms with van der Waals surface area (Å²) < 4.78 is 6.69. The third-order valence-electron chi connectivity index (χ3n) is 2.83. The van der Waals surface area contributed by atoms with Crippen molar-refractivity contribution in [2.45, 2.75) is 5.92 Å². The minimum absolute atomic E-state index is 0.0382. The van der Waals surface area contributed by atoms with E-state index in [4.69, 9.17) is 16.3 Å². The number of rotatable bonds is 5. The number of hydrogen-bond donors (Lipinski definition) is 1. The summed E-state index contributed by atoms with van der Waals surface area (Å²) in [6.07, 6.45) is 0. The molecule has 1 N–H and O–H groups in total. The Morgan fingerprint density at radius 1 is 1.05 bits per heavy atom. The first-order valence-electron chi connectivity index (χ1n) is 5.93. The van der Waals surface area contributed by atoms with E-state index in [2.05, 4.69) is 15.9 Å². The third-order valence-corrected chi connectivity index (χ3v) is 3.61. The van der Waals surface area contributed by atoms with Gasteiger partial charge < -0.3 is 9.84 Å². The molecule has 0 aromatic heterocycles. The van der Waals surface area contributed by atoms with Crippen molar-refractivity contribution in [3.05, 3.63) is 63.6 Å². The van der Waals surface area contributed by atoms with Gasteiger partial charge in [-0.3, -0.25) is 0 Å². The summed E-state index contributed by atoms with van der Waals surface area (Å²) in [4.78, 5) is 0. The van der Waals surface area contributed by atoms with Crippen LogP contribution in [0.25, 0.3) is 0 Å². The Kier molecular flexibility index (Phi) is 5.25. The van der Waals surface area contributed by atoms with Crippen LogP contribution in [-0.4, -0.2) is 18.3 Å². The predicted octanol–water partition coefficient (Wildman–Crippen LogP) is 4.26. The van der Waals surface area contributed by atoms with Gasteiger partial charge in [0.1, 0.15) is 5.75 Å². The molecule has 4 heteroatoms. The van der Waals surface area contributed by atoms with Gasteiger partial charge in [-0.05, 0) is 42.0 Å². The Bertz CT molecular complexity index is 511. The van der Waals surface area contributed by atoms with Crippen LogP contribution >= 0.6 is 27.5 Å². The lowest BCUT2D eigenvalue weighted by atomic mass is 10.0. The molecule has 1 atom stereocenters. The molecule has 0 amide bonds. The molecular weight excluding hydrogens is 328 g/mol. The average Bonchev–Trinajstić information content (AvgIpc) is 2.43. The van der Waals surface area contributed by atoms with Crippen LogP contribution in [0.2, 0.25) is 5.02 Å². The smallest absolute Gasteiger partial charge is 0.119 e. The molecule has 0 aliphatic heterocycles. The van der Waals surface area contributed by atoms with Gasteiger partial charge >= 0.3 is 0 Å². The molecule has 100 valence electrons. The molecule has 2 rings (SSSR count). The van der Waals surface area contributed by atoms with E-state index in [1.807, 2.05) is 36.4 Å². The lowest BCUT2D eigenvalue weighted by molar-refractivity contribution is 0.205. The summed E-state index contributed by atoms with van der Waals surface area (Å²) >= 11 is 9.21. The van der Waals surface area contributed by atoms with E-state index < -0.39 is 0 Å². The predicted molar refractivity (Wildman–Crippen MR) is 80.9 cm³/mol. The van der Waals surface area contributed by atoms with Gasteiger partial charge in [-0.2, -0.15) is 0 Å². The monoisotopic (exact) mass is 340 g/mol. The second-order valence-corrected chi connectivity index (χ2v) is 5.55. The third kappa shape index (κ3) is 4.23. The van der Waals surface area contributed by atoms with Crippen LogP contribution in [0.4, 0.5) is 0 Å². The van der Waals surface area contributed by atoms with E-state index in [1.165, 1.54) is 0 Å². The van der Waals surface area contributed by atoms with Crippen molar-refractivity contribution in [1.82, 2.24) is 0 Å². The van der Waals surface area contributed by atoms with Crippen LogP contribution in [0.15, 0.2) is 53.0 Å². The van der Waals surface area contributed by atoms with E-state index >= 15 is 0 Å². The molecule has 0 unspecified atom stereocenters. The zero-order valence-electron chi connectivity index (χ0n) is 10.2. The fraction of sp³-hybridized carbons (Fsp3) is 0.200. The number of benzene rings is 2. The first kappa shape index (κ1) is 14.4. The molecule has 2 aromatic carbocycles. The summed E-state index contributed by atoms with van der Waals surface area (Å²) in [6.45, 7) is 0.481. The number of halogens is 2. The van der Waals surface area contributed by atoms with E-state index in [0.29, 0.717) is 11.6 Å². The van der Waals surface area contributed by atoms with Crippen LogP contribution < -0.4 is 4.74 Å². The topological polar surface area (TPSA) is 29.5 Å². The molecule has 0 bridgehead atoms. The largest absolute Gasteiger partial charge is 0.493 e. The lowest BCUT2D eigenvalue weighted by Gasteiger charge is -2.16. The van der Waals surface area contributed by atoms with E-state index in [1.54, 1.807) is 12.1 Å². The normalized spacial score (nSPS) is 12.2. The van der Waals surface area contributed by atoms with Crippen LogP contribution in [0, 0.1) is 0 Å². The summed E-state index contributed by atoms with van der Waals surface area (Å²) in [6, 6.07) is 15.1.